The van der Waals surface area contributed by atoms with E-state index >= 15 is 0 Å². The molecule has 1 amide bonds. The number of fused-ring (bicyclic) bond motifs is 1. The molecule has 0 N–H and O–H groups in total. The molecule has 0 aliphatic carbocycles. The summed E-state index contributed by atoms with van der Waals surface area (Å²) in [6.07, 6.45) is 4.46. The Morgan fingerprint density at radius 2 is 1.64 bits per heavy atom. The molecule has 0 aliphatic rings. The summed E-state index contributed by atoms with van der Waals surface area (Å²) in [5.41, 5.74) is 4.06. The number of nitrogens with zero attached hydrogens (tertiary/aromatic N) is 5. The number of benzene rings is 3. The Bertz CT molecular complexity index is 1480. The summed E-state index contributed by atoms with van der Waals surface area (Å²) in [4.78, 5) is 19.4. The second kappa shape index (κ2) is 10.7. The third kappa shape index (κ3) is 4.75. The third-order valence-electron chi connectivity index (χ3n) is 6.17. The van der Waals surface area contributed by atoms with E-state index in [2.05, 4.69) is 64.6 Å². The van der Waals surface area contributed by atoms with Crippen molar-refractivity contribution in [1.29, 1.82) is 0 Å². The largest absolute Gasteiger partial charge is 0.311 e. The maximum Gasteiger partial charge on any atom is 0.237 e. The summed E-state index contributed by atoms with van der Waals surface area (Å²) < 4.78 is 2.01. The van der Waals surface area contributed by atoms with Crippen molar-refractivity contribution in [3.8, 4) is 17.1 Å². The van der Waals surface area contributed by atoms with Crippen LogP contribution < -0.4 is 4.90 Å². The van der Waals surface area contributed by atoms with Gasteiger partial charge in [0.2, 0.25) is 5.91 Å². The molecule has 0 saturated heterocycles. The number of amides is 1. The van der Waals surface area contributed by atoms with Crippen molar-refractivity contribution < 1.29 is 4.79 Å². The Morgan fingerprint density at radius 3 is 2.39 bits per heavy atom. The first-order valence-corrected chi connectivity index (χ1v) is 13.0. The SMILES string of the molecule is CCc1ccc(-n2c(SCC(=O)N(CC)c3cccc4ccccc34)nnc2-c2ccncc2)cc1. The van der Waals surface area contributed by atoms with Crippen molar-refractivity contribution in [3.63, 3.8) is 0 Å². The highest BCUT2D eigenvalue weighted by atomic mass is 32.2. The molecule has 0 spiro atoms. The maximum atomic E-state index is 13.4. The molecule has 0 radical (unpaired) electrons. The Hall–Kier alpha value is -3.97. The van der Waals surface area contributed by atoms with Crippen LogP contribution in [0.2, 0.25) is 0 Å². The van der Waals surface area contributed by atoms with Gasteiger partial charge in [-0.1, -0.05) is 67.2 Å². The molecule has 2 heterocycles. The Balaban J connectivity index is 1.45. The fourth-order valence-corrected chi connectivity index (χ4v) is 5.12. The number of rotatable bonds is 8. The van der Waals surface area contributed by atoms with E-state index in [9.17, 15) is 4.79 Å². The predicted octanol–water partition coefficient (Wildman–Crippen LogP) is 6.19. The molecule has 36 heavy (non-hydrogen) atoms. The highest BCUT2D eigenvalue weighted by Crippen LogP contribution is 2.30. The number of aromatic nitrogens is 4. The minimum Gasteiger partial charge on any atom is -0.311 e. The summed E-state index contributed by atoms with van der Waals surface area (Å²) in [5.74, 6) is 0.997. The molecule has 180 valence electrons. The second-order valence-corrected chi connectivity index (χ2v) is 9.26. The first-order chi connectivity index (χ1) is 17.7. The van der Waals surface area contributed by atoms with Crippen molar-refractivity contribution in [3.05, 3.63) is 96.8 Å². The van der Waals surface area contributed by atoms with Crippen LogP contribution in [-0.4, -0.2) is 38.0 Å². The summed E-state index contributed by atoms with van der Waals surface area (Å²) in [7, 11) is 0. The number of hydrogen-bond acceptors (Lipinski definition) is 5. The average molecular weight is 494 g/mol. The van der Waals surface area contributed by atoms with Crippen molar-refractivity contribution in [2.45, 2.75) is 25.4 Å². The van der Waals surface area contributed by atoms with Crippen LogP contribution in [0.15, 0.2) is 96.4 Å². The fraction of sp³-hybridized carbons (Fsp3) is 0.172. The zero-order valence-corrected chi connectivity index (χ0v) is 21.2. The lowest BCUT2D eigenvalue weighted by Gasteiger charge is -2.22. The normalized spacial score (nSPS) is 11.1. The number of hydrogen-bond donors (Lipinski definition) is 0. The number of aryl methyl sites for hydroxylation is 1. The molecule has 0 saturated carbocycles. The molecule has 6 nitrogen and oxygen atoms in total. The molecule has 0 fully saturated rings. The number of pyridine rings is 1. The van der Waals surface area contributed by atoms with Gasteiger partial charge >= 0.3 is 0 Å². The van der Waals surface area contributed by atoms with Crippen LogP contribution in [0.5, 0.6) is 0 Å². The van der Waals surface area contributed by atoms with Crippen molar-refractivity contribution in [2.24, 2.45) is 0 Å². The minimum absolute atomic E-state index is 0.0280. The summed E-state index contributed by atoms with van der Waals surface area (Å²) >= 11 is 1.40. The number of anilines is 1. The van der Waals surface area contributed by atoms with Gasteiger partial charge in [0.25, 0.3) is 0 Å². The zero-order chi connectivity index (χ0) is 24.9. The summed E-state index contributed by atoms with van der Waals surface area (Å²) in [6.45, 7) is 4.73. The zero-order valence-electron chi connectivity index (χ0n) is 20.3. The average Bonchev–Trinajstić information content (AvgIpc) is 3.37. The lowest BCUT2D eigenvalue weighted by Crippen LogP contribution is -2.32. The molecule has 0 bridgehead atoms. The van der Waals surface area contributed by atoms with E-state index in [1.807, 2.05) is 52.8 Å². The number of carbonyl (C=O) groups is 1. The van der Waals surface area contributed by atoms with Gasteiger partial charge in [-0.15, -0.1) is 10.2 Å². The van der Waals surface area contributed by atoms with E-state index < -0.39 is 0 Å². The smallest absolute Gasteiger partial charge is 0.237 e. The van der Waals surface area contributed by atoms with Gasteiger partial charge in [0, 0.05) is 35.6 Å². The number of thioether (sulfide) groups is 1. The molecule has 3 aromatic carbocycles. The lowest BCUT2D eigenvalue weighted by atomic mass is 10.1. The molecular formula is C29H27N5OS. The minimum atomic E-state index is 0.0280. The van der Waals surface area contributed by atoms with Crippen molar-refractivity contribution in [1.82, 2.24) is 19.7 Å². The van der Waals surface area contributed by atoms with E-state index in [1.54, 1.807) is 12.4 Å². The van der Waals surface area contributed by atoms with Gasteiger partial charge in [-0.25, -0.2) is 0 Å². The van der Waals surface area contributed by atoms with E-state index in [-0.39, 0.29) is 11.7 Å². The first kappa shape index (κ1) is 23.8. The standard InChI is InChI=1S/C29H27N5OS/c1-3-21-12-14-24(15-13-21)34-28(23-16-18-30-19-17-23)31-32-29(34)36-20-27(35)33(4-2)26-11-7-9-22-8-5-6-10-25(22)26/h5-19H,3-4,20H2,1-2H3. The van der Waals surface area contributed by atoms with Crippen LogP contribution in [0, 0.1) is 0 Å². The number of carbonyl (C=O) groups excluding carboxylic acids is 1. The highest BCUT2D eigenvalue weighted by Gasteiger charge is 2.21. The van der Waals surface area contributed by atoms with Gasteiger partial charge in [-0.3, -0.25) is 14.3 Å². The molecule has 7 heteroatoms. The second-order valence-electron chi connectivity index (χ2n) is 8.32. The topological polar surface area (TPSA) is 63.9 Å². The van der Waals surface area contributed by atoms with Crippen LogP contribution in [0.4, 0.5) is 5.69 Å². The monoisotopic (exact) mass is 493 g/mol. The Morgan fingerprint density at radius 1 is 0.889 bits per heavy atom. The third-order valence-corrected chi connectivity index (χ3v) is 7.09. The lowest BCUT2D eigenvalue weighted by molar-refractivity contribution is -0.116. The molecule has 0 unspecified atom stereocenters. The Kier molecular flexibility index (Phi) is 7.09. The molecular weight excluding hydrogens is 466 g/mol. The van der Waals surface area contributed by atoms with Crippen LogP contribution in [0.25, 0.3) is 27.8 Å². The summed E-state index contributed by atoms with van der Waals surface area (Å²) in [5, 5.41) is 11.8. The van der Waals surface area contributed by atoms with Crippen molar-refractivity contribution >= 4 is 34.1 Å². The van der Waals surface area contributed by atoms with Gasteiger partial charge < -0.3 is 4.90 Å². The summed E-state index contributed by atoms with van der Waals surface area (Å²) in [6, 6.07) is 26.4. The molecule has 5 aromatic rings. The predicted molar refractivity (Wildman–Crippen MR) is 147 cm³/mol. The highest BCUT2D eigenvalue weighted by molar-refractivity contribution is 7.99. The van der Waals surface area contributed by atoms with Crippen LogP contribution in [0.3, 0.4) is 0 Å². The van der Waals surface area contributed by atoms with Crippen LogP contribution in [0.1, 0.15) is 19.4 Å². The molecule has 0 atom stereocenters. The van der Waals surface area contributed by atoms with Gasteiger partial charge in [0.05, 0.1) is 11.4 Å². The Labute approximate surface area is 215 Å². The van der Waals surface area contributed by atoms with Gasteiger partial charge in [-0.05, 0) is 54.6 Å². The van der Waals surface area contributed by atoms with E-state index in [0.717, 1.165) is 40.0 Å². The van der Waals surface area contributed by atoms with Crippen LogP contribution in [-0.2, 0) is 11.2 Å². The van der Waals surface area contributed by atoms with Gasteiger partial charge in [-0.2, -0.15) is 0 Å². The van der Waals surface area contributed by atoms with Crippen LogP contribution >= 0.6 is 11.8 Å². The van der Waals surface area contributed by atoms with Crippen molar-refractivity contribution in [2.75, 3.05) is 17.2 Å². The van der Waals surface area contributed by atoms with E-state index in [0.29, 0.717) is 11.7 Å². The van der Waals surface area contributed by atoms with Gasteiger partial charge in [0.1, 0.15) is 0 Å². The van der Waals surface area contributed by atoms with Gasteiger partial charge in [0.15, 0.2) is 11.0 Å². The molecule has 2 aromatic heterocycles. The maximum absolute atomic E-state index is 13.4. The van der Waals surface area contributed by atoms with E-state index in [4.69, 9.17) is 0 Å². The molecule has 0 aliphatic heterocycles. The first-order valence-electron chi connectivity index (χ1n) is 12.1. The fourth-order valence-electron chi connectivity index (χ4n) is 4.29. The molecule has 5 rings (SSSR count). The van der Waals surface area contributed by atoms with E-state index in [1.165, 1.54) is 17.3 Å². The quantitative estimate of drug-likeness (QED) is 0.241.